The van der Waals surface area contributed by atoms with Crippen LogP contribution in [0.1, 0.15) is 51.3 Å². The maximum absolute atomic E-state index is 12.1. The minimum Gasteiger partial charge on any atom is -0.379 e. The van der Waals surface area contributed by atoms with E-state index in [-0.39, 0.29) is 17.5 Å². The zero-order chi connectivity index (χ0) is 15.7. The fraction of sp³-hybridized carbons (Fsp3) is 0.688. The van der Waals surface area contributed by atoms with Crippen LogP contribution in [0.2, 0.25) is 0 Å². The minimum absolute atomic E-state index is 0.151. The van der Waals surface area contributed by atoms with Crippen LogP contribution in [-0.2, 0) is 21.6 Å². The Morgan fingerprint density at radius 1 is 1.55 bits per heavy atom. The summed E-state index contributed by atoms with van der Waals surface area (Å²) in [5.41, 5.74) is 1.65. The molecule has 22 heavy (non-hydrogen) atoms. The molecule has 6 nitrogen and oxygen atoms in total. The van der Waals surface area contributed by atoms with Crippen molar-refractivity contribution >= 4 is 11.9 Å². The highest BCUT2D eigenvalue weighted by atomic mass is 16.5. The molecule has 0 aromatic carbocycles. The van der Waals surface area contributed by atoms with Crippen molar-refractivity contribution in [1.82, 2.24) is 14.9 Å². The highest BCUT2D eigenvalue weighted by molar-refractivity contribution is 5.77. The number of nitrogens with zero attached hydrogens (tertiary/aromatic N) is 3. The van der Waals surface area contributed by atoms with Crippen molar-refractivity contribution in [2.75, 3.05) is 18.5 Å². The summed E-state index contributed by atoms with van der Waals surface area (Å²) in [6.45, 7) is 8.10. The number of anilines is 1. The van der Waals surface area contributed by atoms with Gasteiger partial charge < -0.3 is 15.0 Å². The third-order valence-corrected chi connectivity index (χ3v) is 4.61. The maximum Gasteiger partial charge on any atom is 0.223 e. The molecule has 1 fully saturated rings. The number of rotatable bonds is 3. The average molecular weight is 304 g/mol. The van der Waals surface area contributed by atoms with Crippen molar-refractivity contribution in [2.45, 2.75) is 58.2 Å². The summed E-state index contributed by atoms with van der Waals surface area (Å²) in [5.74, 6) is 0.786. The van der Waals surface area contributed by atoms with Gasteiger partial charge in [-0.25, -0.2) is 9.97 Å². The van der Waals surface area contributed by atoms with E-state index in [1.165, 1.54) is 0 Å². The molecule has 1 amide bonds. The quantitative estimate of drug-likeness (QED) is 0.926. The smallest absolute Gasteiger partial charge is 0.223 e. The Balaban J connectivity index is 1.79. The number of carbonyl (C=O) groups is 1. The number of ether oxygens (including phenoxy) is 1. The lowest BCUT2D eigenvalue weighted by molar-refractivity contribution is -0.136. The zero-order valence-corrected chi connectivity index (χ0v) is 13.6. The predicted octanol–water partition coefficient (Wildman–Crippen LogP) is 2.05. The van der Waals surface area contributed by atoms with Crippen LogP contribution in [0.5, 0.6) is 0 Å². The Kier molecular flexibility index (Phi) is 4.04. The SMILES string of the molecule is CCC(=O)N1Cc2nc(NC3CCCOC3)ncc2C1(C)C. The molecule has 1 saturated heterocycles. The lowest BCUT2D eigenvalue weighted by Crippen LogP contribution is -2.39. The molecular weight excluding hydrogens is 280 g/mol. The van der Waals surface area contributed by atoms with Crippen LogP contribution in [0.15, 0.2) is 6.20 Å². The van der Waals surface area contributed by atoms with Crippen LogP contribution >= 0.6 is 0 Å². The fourth-order valence-electron chi connectivity index (χ4n) is 3.24. The van der Waals surface area contributed by atoms with Crippen molar-refractivity contribution in [2.24, 2.45) is 0 Å². The van der Waals surface area contributed by atoms with Gasteiger partial charge in [-0.1, -0.05) is 6.92 Å². The zero-order valence-electron chi connectivity index (χ0n) is 13.6. The summed E-state index contributed by atoms with van der Waals surface area (Å²) >= 11 is 0. The van der Waals surface area contributed by atoms with E-state index in [2.05, 4.69) is 29.1 Å². The molecule has 2 aliphatic rings. The number of hydrogen-bond donors (Lipinski definition) is 1. The van der Waals surface area contributed by atoms with E-state index in [0.717, 1.165) is 30.7 Å². The molecular formula is C16H24N4O2. The van der Waals surface area contributed by atoms with Gasteiger partial charge >= 0.3 is 0 Å². The van der Waals surface area contributed by atoms with Crippen molar-refractivity contribution in [3.05, 3.63) is 17.5 Å². The Labute approximate surface area is 131 Å². The summed E-state index contributed by atoms with van der Waals surface area (Å²) in [5, 5.41) is 3.35. The first-order chi connectivity index (χ1) is 10.5. The number of amides is 1. The predicted molar refractivity (Wildman–Crippen MR) is 83.4 cm³/mol. The van der Waals surface area contributed by atoms with Gasteiger partial charge in [0.05, 0.1) is 30.4 Å². The van der Waals surface area contributed by atoms with Gasteiger partial charge in [-0.3, -0.25) is 4.79 Å². The van der Waals surface area contributed by atoms with Gasteiger partial charge in [-0.2, -0.15) is 0 Å². The first-order valence-corrected chi connectivity index (χ1v) is 8.03. The van der Waals surface area contributed by atoms with E-state index in [0.29, 0.717) is 25.5 Å². The molecule has 0 aliphatic carbocycles. The van der Waals surface area contributed by atoms with E-state index in [9.17, 15) is 4.79 Å². The number of nitrogens with one attached hydrogen (secondary N) is 1. The number of carbonyl (C=O) groups excluding carboxylic acids is 1. The first kappa shape index (κ1) is 15.2. The molecule has 0 saturated carbocycles. The van der Waals surface area contributed by atoms with E-state index >= 15 is 0 Å². The van der Waals surface area contributed by atoms with Crippen molar-refractivity contribution < 1.29 is 9.53 Å². The van der Waals surface area contributed by atoms with Gasteiger partial charge in [-0.05, 0) is 26.7 Å². The minimum atomic E-state index is -0.338. The van der Waals surface area contributed by atoms with Gasteiger partial charge in [0.1, 0.15) is 0 Å². The van der Waals surface area contributed by atoms with Gasteiger partial charge in [0.25, 0.3) is 0 Å². The molecule has 1 aromatic rings. The van der Waals surface area contributed by atoms with Crippen molar-refractivity contribution in [3.8, 4) is 0 Å². The summed E-state index contributed by atoms with van der Waals surface area (Å²) in [6.07, 6.45) is 4.51. The van der Waals surface area contributed by atoms with Gasteiger partial charge in [0, 0.05) is 24.8 Å². The second kappa shape index (κ2) is 5.83. The standard InChI is InChI=1S/C16H24N4O2/c1-4-14(21)20-9-13-12(16(20,2)3)8-17-15(19-13)18-11-6-5-7-22-10-11/h8,11H,4-7,9-10H2,1-3H3,(H,17,18,19). The Morgan fingerprint density at radius 3 is 3.05 bits per heavy atom. The topological polar surface area (TPSA) is 67.4 Å². The molecule has 0 radical (unpaired) electrons. The van der Waals surface area contributed by atoms with Crippen LogP contribution in [0.4, 0.5) is 5.95 Å². The summed E-state index contributed by atoms with van der Waals surface area (Å²) in [7, 11) is 0. The Hall–Kier alpha value is -1.69. The van der Waals surface area contributed by atoms with Crippen molar-refractivity contribution in [3.63, 3.8) is 0 Å². The van der Waals surface area contributed by atoms with Crippen LogP contribution in [0.3, 0.4) is 0 Å². The first-order valence-electron chi connectivity index (χ1n) is 8.03. The highest BCUT2D eigenvalue weighted by Crippen LogP contribution is 2.38. The number of aromatic nitrogens is 2. The van der Waals surface area contributed by atoms with E-state index < -0.39 is 0 Å². The molecule has 6 heteroatoms. The number of fused-ring (bicyclic) bond motifs is 1. The van der Waals surface area contributed by atoms with Crippen molar-refractivity contribution in [1.29, 1.82) is 0 Å². The molecule has 1 unspecified atom stereocenters. The highest BCUT2D eigenvalue weighted by Gasteiger charge is 2.41. The molecule has 3 heterocycles. The molecule has 120 valence electrons. The van der Waals surface area contributed by atoms with Gasteiger partial charge in [0.15, 0.2) is 0 Å². The molecule has 0 spiro atoms. The van der Waals surface area contributed by atoms with Gasteiger partial charge in [-0.15, -0.1) is 0 Å². The number of hydrogen-bond acceptors (Lipinski definition) is 5. The molecule has 1 atom stereocenters. The van der Waals surface area contributed by atoms with Crippen LogP contribution < -0.4 is 5.32 Å². The Bertz CT molecular complexity index is 567. The van der Waals surface area contributed by atoms with Crippen LogP contribution in [-0.4, -0.2) is 40.0 Å². The third kappa shape index (κ3) is 2.67. The normalized spacial score (nSPS) is 23.2. The summed E-state index contributed by atoms with van der Waals surface area (Å²) < 4.78 is 5.47. The lowest BCUT2D eigenvalue weighted by Gasteiger charge is -2.31. The van der Waals surface area contributed by atoms with E-state index in [1.54, 1.807) is 0 Å². The molecule has 2 aliphatic heterocycles. The largest absolute Gasteiger partial charge is 0.379 e. The second-order valence-electron chi connectivity index (χ2n) is 6.50. The lowest BCUT2D eigenvalue weighted by atomic mass is 9.97. The average Bonchev–Trinajstić information content (AvgIpc) is 2.78. The molecule has 3 rings (SSSR count). The molecule has 1 N–H and O–H groups in total. The monoisotopic (exact) mass is 304 g/mol. The van der Waals surface area contributed by atoms with Crippen LogP contribution in [0.25, 0.3) is 0 Å². The van der Waals surface area contributed by atoms with E-state index in [1.807, 2.05) is 18.0 Å². The molecule has 0 bridgehead atoms. The van der Waals surface area contributed by atoms with Crippen LogP contribution in [0, 0.1) is 0 Å². The maximum atomic E-state index is 12.1. The van der Waals surface area contributed by atoms with E-state index in [4.69, 9.17) is 4.74 Å². The molecule has 1 aromatic heterocycles. The fourth-order valence-corrected chi connectivity index (χ4v) is 3.24. The summed E-state index contributed by atoms with van der Waals surface area (Å²) in [6, 6.07) is 0.273. The summed E-state index contributed by atoms with van der Waals surface area (Å²) in [4.78, 5) is 23.1. The second-order valence-corrected chi connectivity index (χ2v) is 6.50. The van der Waals surface area contributed by atoms with Gasteiger partial charge in [0.2, 0.25) is 11.9 Å². The Morgan fingerprint density at radius 2 is 2.36 bits per heavy atom. The third-order valence-electron chi connectivity index (χ3n) is 4.61.